The quantitative estimate of drug-likeness (QED) is 0.0329. The van der Waals surface area contributed by atoms with Crippen molar-refractivity contribution in [2.24, 2.45) is 21.6 Å². The minimum atomic E-state index is -5.09. The predicted molar refractivity (Wildman–Crippen MR) is 266 cm³/mol. The number of alkyl carbamates (subject to hydrolysis) is 2. The number of aliphatic hydroxyl groups is 1. The van der Waals surface area contributed by atoms with Crippen molar-refractivity contribution in [2.75, 3.05) is 65.1 Å². The molecule has 1 aromatic heterocycles. The molecule has 25 heteroatoms. The summed E-state index contributed by atoms with van der Waals surface area (Å²) < 4.78 is 115. The Balaban J connectivity index is 1.47. The summed E-state index contributed by atoms with van der Waals surface area (Å²) in [5.74, 6) is 1.98. The van der Waals surface area contributed by atoms with E-state index in [9.17, 15) is 46.2 Å². The largest absolute Gasteiger partial charge is 0.453 e. The van der Waals surface area contributed by atoms with Crippen molar-refractivity contribution in [2.45, 2.75) is 90.6 Å². The molecule has 3 heterocycles. The van der Waals surface area contributed by atoms with Gasteiger partial charge in [0.1, 0.15) is 29.5 Å². The number of pyridine rings is 1. The Bertz CT molecular complexity index is 2600. The maximum Gasteiger partial charge on any atom is 0.407 e. The molecule has 2 aromatic carbocycles. The smallest absolute Gasteiger partial charge is 0.407 e. The number of anilines is 1. The number of aliphatic hydroxyl groups excluding tert-OH is 1. The van der Waals surface area contributed by atoms with Crippen LogP contribution in [0.1, 0.15) is 62.4 Å². The van der Waals surface area contributed by atoms with Gasteiger partial charge in [-0.25, -0.2) is 33.4 Å². The van der Waals surface area contributed by atoms with Crippen LogP contribution in [0.15, 0.2) is 65.8 Å². The SMILES string of the molecule is COC(=O)N[C@H](C(=O)NN(Cc1c(F)cc(C(N)=CC=NC(F)F)cc1F)C[C@H](O)[C@H](Cc1ccc(C#Cc2ccc(N3CCN4CCOC[C@H]4C3)nc2)cc1)NC(=O)[C@@H](NC(=O)OC)C(C)(C)C(F)(F)F)C(C)(C)C. The number of carbonyl (C=O) groups is 4. The van der Waals surface area contributed by atoms with Crippen LogP contribution in [0, 0.1) is 34.3 Å². The summed E-state index contributed by atoms with van der Waals surface area (Å²) in [6, 6.07) is 6.59. The summed E-state index contributed by atoms with van der Waals surface area (Å²) >= 11 is 0. The molecule has 2 aliphatic rings. The standard InChI is InChI=1S/C51H63F7N10O8/c1-49(2,3)42(63-47(72)74-6)45(71)65-68(27-35-36(52)23-33(24-37(35)53)38(59)16-17-60-46(54)55)28-40(69)39(62-44(70)43(64-48(73)75-7)50(4,5)51(56,57)58)22-31-11-8-30(9-12-31)10-13-32-14-15-41(61-25-32)67-19-18-66-20-21-76-29-34(66)26-67/h8-9,11-12,14-17,23-25,34,39-40,42-43,46,69H,18-22,26-29,59H2,1-7H3,(H,62,70)(H,63,72)(H,64,73)(H,65,71)/t34-,39+,40+,42-,43-/m1/s1. The number of aromatic nitrogens is 1. The van der Waals surface area contributed by atoms with Crippen LogP contribution in [-0.2, 0) is 36.8 Å². The molecule has 0 unspecified atom stereocenters. The lowest BCUT2D eigenvalue weighted by atomic mass is 9.82. The highest BCUT2D eigenvalue weighted by Gasteiger charge is 2.56. The molecule has 5 rings (SSSR count). The van der Waals surface area contributed by atoms with Gasteiger partial charge in [-0.05, 0) is 73.7 Å². The summed E-state index contributed by atoms with van der Waals surface area (Å²) in [6.45, 7) is 6.02. The highest BCUT2D eigenvalue weighted by Crippen LogP contribution is 2.40. The monoisotopic (exact) mass is 1080 g/mol. The number of aliphatic imine (C=N–C) groups is 1. The molecule has 18 nitrogen and oxygen atoms in total. The van der Waals surface area contributed by atoms with Gasteiger partial charge in [-0.3, -0.25) is 19.9 Å². The Morgan fingerprint density at radius 3 is 2.11 bits per heavy atom. The van der Waals surface area contributed by atoms with E-state index >= 15 is 8.78 Å². The van der Waals surface area contributed by atoms with Crippen LogP contribution in [0.25, 0.3) is 5.70 Å². The van der Waals surface area contributed by atoms with E-state index in [4.69, 9.17) is 10.5 Å². The lowest BCUT2D eigenvalue weighted by Crippen LogP contribution is -2.63. The first-order valence-electron chi connectivity index (χ1n) is 23.9. The van der Waals surface area contributed by atoms with Gasteiger partial charge < -0.3 is 45.9 Å². The molecule has 2 aliphatic heterocycles. The van der Waals surface area contributed by atoms with Gasteiger partial charge in [0.15, 0.2) is 0 Å². The minimum absolute atomic E-state index is 0.283. The van der Waals surface area contributed by atoms with Gasteiger partial charge in [-0.1, -0.05) is 44.7 Å². The van der Waals surface area contributed by atoms with Crippen LogP contribution in [0.5, 0.6) is 0 Å². The zero-order chi connectivity index (χ0) is 56.1. The lowest BCUT2D eigenvalue weighted by molar-refractivity contribution is -0.220. The van der Waals surface area contributed by atoms with Gasteiger partial charge in [0.2, 0.25) is 5.91 Å². The number of ether oxygens (including phenoxy) is 3. The molecule has 5 atom stereocenters. The number of benzene rings is 2. The Labute approximate surface area is 435 Å². The molecule has 0 radical (unpaired) electrons. The number of rotatable bonds is 18. The van der Waals surface area contributed by atoms with Gasteiger partial charge in [-0.15, -0.1) is 0 Å². The lowest BCUT2D eigenvalue weighted by Gasteiger charge is -2.44. The van der Waals surface area contributed by atoms with Gasteiger partial charge in [0.05, 0.1) is 51.0 Å². The first-order valence-corrected chi connectivity index (χ1v) is 23.9. The number of methoxy groups -OCH3 is 2. The van der Waals surface area contributed by atoms with E-state index in [2.05, 4.69) is 57.2 Å². The molecule has 7 N–H and O–H groups in total. The average molecular weight is 1080 g/mol. The number of hydrazine groups is 1. The van der Waals surface area contributed by atoms with Crippen molar-refractivity contribution in [3.63, 3.8) is 0 Å². The van der Waals surface area contributed by atoms with Crippen LogP contribution >= 0.6 is 0 Å². The Kier molecular flexibility index (Phi) is 20.6. The predicted octanol–water partition coefficient (Wildman–Crippen LogP) is 4.88. The number of nitrogens with zero attached hydrogens (tertiary/aromatic N) is 5. The molecule has 0 aliphatic carbocycles. The molecular weight excluding hydrogens is 1010 g/mol. The number of amides is 4. The summed E-state index contributed by atoms with van der Waals surface area (Å²) in [7, 11) is 1.92. The number of carbonyl (C=O) groups excluding carboxylic acids is 4. The normalized spacial score (nSPS) is 17.2. The van der Waals surface area contributed by atoms with E-state index in [1.807, 2.05) is 17.4 Å². The maximum atomic E-state index is 15.9. The minimum Gasteiger partial charge on any atom is -0.453 e. The number of morpholine rings is 1. The number of halogens is 7. The summed E-state index contributed by atoms with van der Waals surface area (Å²) in [5.41, 5.74) is 4.47. The Hall–Kier alpha value is -7.01. The number of alkyl halides is 5. The molecular formula is C51H63F7N10O8. The van der Waals surface area contributed by atoms with E-state index in [-0.39, 0.29) is 23.7 Å². The van der Waals surface area contributed by atoms with Crippen molar-refractivity contribution in [1.82, 2.24) is 36.3 Å². The van der Waals surface area contributed by atoms with Gasteiger partial charge in [0, 0.05) is 79.6 Å². The third-order valence-corrected chi connectivity index (χ3v) is 12.8. The van der Waals surface area contributed by atoms with E-state index < -0.39 is 102 Å². The Morgan fingerprint density at radius 1 is 0.908 bits per heavy atom. The zero-order valence-corrected chi connectivity index (χ0v) is 42.9. The van der Waals surface area contributed by atoms with Crippen LogP contribution in [-0.4, -0.2) is 153 Å². The molecule has 3 aromatic rings. The fourth-order valence-corrected chi connectivity index (χ4v) is 8.16. The van der Waals surface area contributed by atoms with Crippen molar-refractivity contribution in [3.8, 4) is 11.8 Å². The number of piperazine rings is 1. The van der Waals surface area contributed by atoms with E-state index in [0.29, 0.717) is 43.4 Å². The molecule has 0 saturated carbocycles. The second kappa shape index (κ2) is 26.2. The zero-order valence-electron chi connectivity index (χ0n) is 42.9. The maximum absolute atomic E-state index is 15.9. The number of nitrogens with two attached hydrogens (primary N) is 1. The third-order valence-electron chi connectivity index (χ3n) is 12.8. The highest BCUT2D eigenvalue weighted by atomic mass is 19.4. The van der Waals surface area contributed by atoms with Crippen LogP contribution in [0.4, 0.5) is 46.1 Å². The fourth-order valence-electron chi connectivity index (χ4n) is 8.16. The van der Waals surface area contributed by atoms with Crippen LogP contribution in [0.3, 0.4) is 0 Å². The van der Waals surface area contributed by atoms with Gasteiger partial charge in [-0.2, -0.15) is 22.0 Å². The highest BCUT2D eigenvalue weighted by molar-refractivity contribution is 5.87. The Morgan fingerprint density at radius 2 is 1.53 bits per heavy atom. The number of hydrogen-bond acceptors (Lipinski definition) is 14. The molecule has 0 bridgehead atoms. The van der Waals surface area contributed by atoms with Crippen LogP contribution in [0.2, 0.25) is 0 Å². The molecule has 0 spiro atoms. The molecule has 2 saturated heterocycles. The van der Waals surface area contributed by atoms with Crippen LogP contribution < -0.4 is 32.0 Å². The van der Waals surface area contributed by atoms with Crippen molar-refractivity contribution in [3.05, 3.63) is 100 Å². The van der Waals surface area contributed by atoms with E-state index in [0.717, 1.165) is 76.0 Å². The number of nitrogens with one attached hydrogen (secondary N) is 4. The van der Waals surface area contributed by atoms with Crippen molar-refractivity contribution in [1.29, 1.82) is 0 Å². The number of allylic oxidation sites excluding steroid dienone is 1. The topological polar surface area (TPSA) is 225 Å². The summed E-state index contributed by atoms with van der Waals surface area (Å²) in [5, 5.41) is 19.6. The summed E-state index contributed by atoms with van der Waals surface area (Å²) in [6.07, 6.45) is -6.58. The van der Waals surface area contributed by atoms with E-state index in [1.165, 1.54) is 0 Å². The first kappa shape index (κ1) is 59.9. The van der Waals surface area contributed by atoms with Gasteiger partial charge >= 0.3 is 24.9 Å². The third kappa shape index (κ3) is 16.5. The molecule has 76 heavy (non-hydrogen) atoms. The second-order valence-electron chi connectivity index (χ2n) is 19.6. The van der Waals surface area contributed by atoms with Crippen molar-refractivity contribution >= 4 is 41.7 Å². The van der Waals surface area contributed by atoms with Crippen molar-refractivity contribution < 1.29 is 69.2 Å². The van der Waals surface area contributed by atoms with Gasteiger partial charge in [0.25, 0.3) is 5.91 Å². The molecule has 414 valence electrons. The van der Waals surface area contributed by atoms with E-state index in [1.54, 1.807) is 51.2 Å². The molecule has 4 amide bonds. The average Bonchev–Trinajstić information content (AvgIpc) is 3.36. The molecule has 2 fully saturated rings. The number of hydrogen-bond donors (Lipinski definition) is 6. The first-order chi connectivity index (χ1) is 35.7. The fraction of sp³-hybridized carbons (Fsp3) is 0.490. The summed E-state index contributed by atoms with van der Waals surface area (Å²) in [4.78, 5) is 64.9. The number of fused-ring (bicyclic) bond motifs is 1. The second-order valence-corrected chi connectivity index (χ2v) is 19.6.